The maximum atomic E-state index is 12.5. The summed E-state index contributed by atoms with van der Waals surface area (Å²) in [5.74, 6) is -1.02. The van der Waals surface area contributed by atoms with Gasteiger partial charge in [-0.3, -0.25) is 4.57 Å². The van der Waals surface area contributed by atoms with Gasteiger partial charge < -0.3 is 14.4 Å². The standard InChI is InChI=1S/C22H21N2O5P/c1-3-23(4-2)18-8-5-15-11-16(22(27)29-20(15)12-18)6-7-17-9-10-19(30-28)13-24(17)14-21(25)26/h5-13H,3-4,14H2,1-2H3/p+1. The van der Waals surface area contributed by atoms with Crippen LogP contribution in [0.5, 0.6) is 0 Å². The van der Waals surface area contributed by atoms with E-state index >= 15 is 0 Å². The first kappa shape index (κ1) is 21.4. The fraction of sp³-hybridized carbons (Fsp3) is 0.227. The van der Waals surface area contributed by atoms with E-state index < -0.39 is 11.6 Å². The first-order chi connectivity index (χ1) is 14.4. The van der Waals surface area contributed by atoms with Gasteiger partial charge in [0.15, 0.2) is 14.7 Å². The third-order valence-corrected chi connectivity index (χ3v) is 5.24. The van der Waals surface area contributed by atoms with Crippen molar-refractivity contribution in [2.24, 2.45) is 0 Å². The topological polar surface area (TPSA) is 91.7 Å². The first-order valence-electron chi connectivity index (χ1n) is 9.54. The van der Waals surface area contributed by atoms with E-state index in [9.17, 15) is 14.2 Å². The summed E-state index contributed by atoms with van der Waals surface area (Å²) in [5, 5.41) is 10.4. The summed E-state index contributed by atoms with van der Waals surface area (Å²) in [4.78, 5) is 25.7. The second-order valence-electron chi connectivity index (χ2n) is 6.64. The van der Waals surface area contributed by atoms with Crippen LogP contribution < -0.4 is 20.4 Å². The van der Waals surface area contributed by atoms with E-state index in [0.717, 1.165) is 24.2 Å². The van der Waals surface area contributed by atoms with Gasteiger partial charge in [0.1, 0.15) is 10.9 Å². The van der Waals surface area contributed by atoms with Gasteiger partial charge in [-0.15, -0.1) is 0 Å². The lowest BCUT2D eigenvalue weighted by atomic mass is 10.1. The number of carboxylic acid groups (broad SMARTS) is 1. The normalized spacial score (nSPS) is 11.4. The highest BCUT2D eigenvalue weighted by atomic mass is 31.1. The fourth-order valence-corrected chi connectivity index (χ4v) is 3.55. The summed E-state index contributed by atoms with van der Waals surface area (Å²) in [5.41, 5.74) is 1.94. The molecule has 0 saturated heterocycles. The molecule has 1 aromatic carbocycles. The second-order valence-corrected chi connectivity index (χ2v) is 7.34. The molecule has 3 rings (SSSR count). The summed E-state index contributed by atoms with van der Waals surface area (Å²) in [7, 11) is -0.196. The van der Waals surface area contributed by atoms with Crippen LogP contribution in [0, 0.1) is 0 Å². The van der Waals surface area contributed by atoms with Gasteiger partial charge in [0.2, 0.25) is 12.2 Å². The Balaban J connectivity index is 1.98. The van der Waals surface area contributed by atoms with Crippen molar-refractivity contribution in [3.63, 3.8) is 0 Å². The van der Waals surface area contributed by atoms with E-state index in [2.05, 4.69) is 18.7 Å². The smallest absolute Gasteiger partial charge is 0.370 e. The molecule has 0 atom stereocenters. The summed E-state index contributed by atoms with van der Waals surface area (Å²) in [6, 6.07) is 10.8. The molecule has 154 valence electrons. The van der Waals surface area contributed by atoms with Crippen molar-refractivity contribution in [1.29, 1.82) is 0 Å². The first-order valence-corrected chi connectivity index (χ1v) is 10.4. The van der Waals surface area contributed by atoms with E-state index in [1.807, 2.05) is 18.2 Å². The summed E-state index contributed by atoms with van der Waals surface area (Å²) >= 11 is 0. The molecule has 8 heteroatoms. The molecule has 0 saturated carbocycles. The van der Waals surface area contributed by atoms with Crippen molar-refractivity contribution < 1.29 is 23.5 Å². The molecule has 2 aromatic heterocycles. The SMILES string of the molecule is CCN(CC)c1ccc2cc(/C=C/c3ccc(P=O)c[n+]3CC(=O)O)c(=O)oc2c1. The molecule has 7 nitrogen and oxygen atoms in total. The van der Waals surface area contributed by atoms with Crippen LogP contribution in [0.15, 0.2) is 51.8 Å². The summed E-state index contributed by atoms with van der Waals surface area (Å²) < 4.78 is 18.0. The van der Waals surface area contributed by atoms with Crippen molar-refractivity contribution in [3.05, 3.63) is 64.3 Å². The van der Waals surface area contributed by atoms with Crippen LogP contribution in [0.4, 0.5) is 5.69 Å². The fourth-order valence-electron chi connectivity index (χ4n) is 3.22. The summed E-state index contributed by atoms with van der Waals surface area (Å²) in [6.45, 7) is 5.56. The molecule has 30 heavy (non-hydrogen) atoms. The quantitative estimate of drug-likeness (QED) is 0.339. The lowest BCUT2D eigenvalue weighted by Gasteiger charge is -2.20. The molecule has 1 N–H and O–H groups in total. The Bertz CT molecular complexity index is 1180. The van der Waals surface area contributed by atoms with Crippen molar-refractivity contribution in [2.75, 3.05) is 18.0 Å². The Morgan fingerprint density at radius 1 is 1.17 bits per heavy atom. The Morgan fingerprint density at radius 2 is 1.93 bits per heavy atom. The van der Waals surface area contributed by atoms with Crippen molar-refractivity contribution in [2.45, 2.75) is 20.4 Å². The predicted molar refractivity (Wildman–Crippen MR) is 116 cm³/mol. The molecule has 0 fully saturated rings. The van der Waals surface area contributed by atoms with Crippen LogP contribution in [0.1, 0.15) is 25.1 Å². The Hall–Kier alpha value is -3.31. The summed E-state index contributed by atoms with van der Waals surface area (Å²) in [6.07, 6.45) is 4.72. The number of rotatable bonds is 8. The van der Waals surface area contributed by atoms with Gasteiger partial charge in [0, 0.05) is 42.4 Å². The Morgan fingerprint density at radius 3 is 2.60 bits per heavy atom. The number of pyridine rings is 1. The largest absolute Gasteiger partial charge is 0.477 e. The number of fused-ring (bicyclic) bond motifs is 1. The number of carboxylic acids is 1. The highest BCUT2D eigenvalue weighted by Crippen LogP contribution is 2.22. The number of aliphatic carboxylic acids is 1. The van der Waals surface area contributed by atoms with Crippen molar-refractivity contribution in [1.82, 2.24) is 0 Å². The molecular formula is C22H22N2O5P+. The minimum Gasteiger partial charge on any atom is -0.477 e. The Labute approximate surface area is 175 Å². The molecular weight excluding hydrogens is 403 g/mol. The number of hydrogen-bond donors (Lipinski definition) is 1. The van der Waals surface area contributed by atoms with Gasteiger partial charge in [-0.25, -0.2) is 9.59 Å². The molecule has 0 bridgehead atoms. The van der Waals surface area contributed by atoms with Gasteiger partial charge in [0.25, 0.3) is 0 Å². The molecule has 2 heterocycles. The second kappa shape index (κ2) is 9.46. The third kappa shape index (κ3) is 4.81. The van der Waals surface area contributed by atoms with Crippen LogP contribution in [-0.4, -0.2) is 24.2 Å². The van der Waals surface area contributed by atoms with Crippen molar-refractivity contribution in [3.8, 4) is 0 Å². The minimum absolute atomic E-state index is 0.196. The lowest BCUT2D eigenvalue weighted by Crippen LogP contribution is -2.42. The highest BCUT2D eigenvalue weighted by molar-refractivity contribution is 7.34. The zero-order valence-corrected chi connectivity index (χ0v) is 17.6. The van der Waals surface area contributed by atoms with Crippen LogP contribution in [0.25, 0.3) is 23.1 Å². The van der Waals surface area contributed by atoms with Gasteiger partial charge in [-0.05, 0) is 44.2 Å². The number of carbonyl (C=O) groups is 1. The average molecular weight is 425 g/mol. The molecule has 0 aliphatic carbocycles. The molecule has 0 aliphatic rings. The highest BCUT2D eigenvalue weighted by Gasteiger charge is 2.14. The predicted octanol–water partition coefficient (Wildman–Crippen LogP) is 3.10. The van der Waals surface area contributed by atoms with Crippen LogP contribution in [0.2, 0.25) is 0 Å². The number of benzene rings is 1. The maximum absolute atomic E-state index is 12.5. The van der Waals surface area contributed by atoms with Gasteiger partial charge in [-0.1, -0.05) is 0 Å². The molecule has 0 radical (unpaired) electrons. The van der Waals surface area contributed by atoms with Crippen molar-refractivity contribution >= 4 is 48.5 Å². The Kier molecular flexibility index (Phi) is 6.75. The lowest BCUT2D eigenvalue weighted by molar-refractivity contribution is -0.686. The molecule has 0 amide bonds. The van der Waals surface area contributed by atoms with Crippen LogP contribution in [-0.2, 0) is 15.9 Å². The maximum Gasteiger partial charge on any atom is 0.370 e. The number of hydrogen-bond acceptors (Lipinski definition) is 5. The van der Waals surface area contributed by atoms with Crippen LogP contribution in [0.3, 0.4) is 0 Å². The molecule has 3 aromatic rings. The zero-order valence-electron chi connectivity index (χ0n) is 16.7. The molecule has 0 aliphatic heterocycles. The third-order valence-electron chi connectivity index (χ3n) is 4.76. The van der Waals surface area contributed by atoms with E-state index in [-0.39, 0.29) is 15.0 Å². The number of nitrogens with zero attached hydrogens (tertiary/aromatic N) is 2. The monoisotopic (exact) mass is 425 g/mol. The number of aromatic nitrogens is 1. The average Bonchev–Trinajstić information content (AvgIpc) is 2.73. The molecule has 0 spiro atoms. The van der Waals surface area contributed by atoms with Gasteiger partial charge in [0.05, 0.1) is 5.56 Å². The van der Waals surface area contributed by atoms with E-state index in [1.54, 1.807) is 30.4 Å². The number of anilines is 1. The molecule has 0 unspecified atom stereocenters. The van der Waals surface area contributed by atoms with Gasteiger partial charge >= 0.3 is 11.6 Å². The minimum atomic E-state index is -1.02. The van der Waals surface area contributed by atoms with Gasteiger partial charge in [-0.2, -0.15) is 4.57 Å². The van der Waals surface area contributed by atoms with E-state index in [0.29, 0.717) is 22.1 Å². The van der Waals surface area contributed by atoms with Crippen LogP contribution >= 0.6 is 8.46 Å². The van der Waals surface area contributed by atoms with E-state index in [4.69, 9.17) is 9.52 Å². The van der Waals surface area contributed by atoms with E-state index in [1.165, 1.54) is 10.8 Å². The zero-order chi connectivity index (χ0) is 21.7.